The first-order valence-electron chi connectivity index (χ1n) is 18.1. The molecule has 56 heavy (non-hydrogen) atoms. The van der Waals surface area contributed by atoms with Gasteiger partial charge in [0.05, 0.1) is 7.11 Å². The summed E-state index contributed by atoms with van der Waals surface area (Å²) in [4.78, 5) is 87.6. The van der Waals surface area contributed by atoms with Crippen LogP contribution in [0.4, 0.5) is 0 Å². The number of carbonyl (C=O) groups is 6. The molecule has 3 aromatic carbocycles. The molecule has 298 valence electrons. The number of methoxy groups -OCH3 is 1. The number of aliphatic hydroxyl groups excluding tert-OH is 1. The maximum absolute atomic E-state index is 14.6. The zero-order valence-electron chi connectivity index (χ0n) is 32.3. The second-order valence-electron chi connectivity index (χ2n) is 14.2. The number of aromatic hydroxyl groups is 1. The molecule has 1 fully saturated rings. The van der Waals surface area contributed by atoms with Crippen LogP contribution in [0, 0.1) is 0 Å². The number of hydrogen-bond acceptors (Lipinski definition) is 10. The molecule has 6 amide bonds. The molecule has 0 aromatic heterocycles. The van der Waals surface area contributed by atoms with Crippen molar-refractivity contribution in [3.8, 4) is 23.0 Å². The highest BCUT2D eigenvalue weighted by molar-refractivity contribution is 5.98. The number of aliphatic hydroxyl groups is 1. The Bertz CT molecular complexity index is 1990. The molecule has 3 aromatic rings. The molecule has 1 saturated heterocycles. The summed E-state index contributed by atoms with van der Waals surface area (Å²) in [6.07, 6.45) is -1.80. The van der Waals surface area contributed by atoms with Crippen LogP contribution >= 0.6 is 0 Å². The van der Waals surface area contributed by atoms with Gasteiger partial charge in [0.15, 0.2) is 11.5 Å². The number of ether oxygens (including phenoxy) is 2. The van der Waals surface area contributed by atoms with Crippen LogP contribution in [0.25, 0.3) is 0 Å². The highest BCUT2D eigenvalue weighted by atomic mass is 16.5. The fraction of sp³-hybridized carbons (Fsp3) is 0.400. The van der Waals surface area contributed by atoms with Crippen LogP contribution in [0.2, 0.25) is 0 Å². The molecule has 2 aliphatic heterocycles. The molecule has 0 saturated carbocycles. The maximum atomic E-state index is 14.6. The van der Waals surface area contributed by atoms with Crippen molar-refractivity contribution in [3.05, 3.63) is 83.4 Å². The van der Waals surface area contributed by atoms with Crippen LogP contribution in [0.3, 0.4) is 0 Å². The highest BCUT2D eigenvalue weighted by Gasteiger charge is 2.42. The van der Waals surface area contributed by atoms with Crippen LogP contribution < -0.4 is 25.4 Å². The Morgan fingerprint density at radius 2 is 1.36 bits per heavy atom. The fourth-order valence-corrected chi connectivity index (χ4v) is 6.78. The van der Waals surface area contributed by atoms with Crippen LogP contribution in [-0.4, -0.2) is 125 Å². The van der Waals surface area contributed by atoms with E-state index in [1.165, 1.54) is 78.2 Å². The molecule has 0 aliphatic carbocycles. The lowest BCUT2D eigenvalue weighted by atomic mass is 9.97. The average molecular weight is 773 g/mol. The van der Waals surface area contributed by atoms with Gasteiger partial charge in [-0.15, -0.1) is 0 Å². The summed E-state index contributed by atoms with van der Waals surface area (Å²) in [6, 6.07) is 9.66. The van der Waals surface area contributed by atoms with E-state index in [4.69, 9.17) is 9.47 Å². The Hall–Kier alpha value is -6.16. The Kier molecular flexibility index (Phi) is 12.5. The van der Waals surface area contributed by atoms with Gasteiger partial charge in [0.1, 0.15) is 53.9 Å². The first kappa shape index (κ1) is 41.0. The number of phenolic OH excluding ortho intramolecular Hbond substituents is 1. The zero-order valence-corrected chi connectivity index (χ0v) is 32.3. The molecular formula is C40H48N6O10. The lowest BCUT2D eigenvalue weighted by Crippen LogP contribution is -2.62. The van der Waals surface area contributed by atoms with E-state index in [2.05, 4.69) is 16.0 Å². The summed E-state index contributed by atoms with van der Waals surface area (Å²) in [6.45, 7) is 4.27. The van der Waals surface area contributed by atoms with E-state index in [0.717, 1.165) is 9.80 Å². The van der Waals surface area contributed by atoms with Crippen molar-refractivity contribution in [1.82, 2.24) is 30.7 Å². The van der Waals surface area contributed by atoms with E-state index < -0.39 is 77.8 Å². The molecule has 16 heteroatoms. The number of hydrogen-bond donors (Lipinski definition) is 5. The van der Waals surface area contributed by atoms with Crippen LogP contribution in [-0.2, 0) is 41.6 Å². The molecule has 2 aliphatic rings. The fourth-order valence-electron chi connectivity index (χ4n) is 6.78. The standard InChI is InChI=1S/C40H48N6O10/c1-21-35(49)42-22(2)38(52)44(4)29(17-24-11-14-27(55-7)15-12-24)37(51)43-23(3)39(53)46(6)33-34(48)26-9-8-10-28(20-26)56-32-19-25(13-16-31(32)47)18-30(36(50)41-21)45(5)40(33)54/h8-16,19-23,29-30,33-34,47-48H,17-18H2,1-7H3,(H,41,50)(H,42,49)(H,43,51)/t21-,22+,23+,29+,30+,33+,34+/m1/s1. The largest absolute Gasteiger partial charge is 0.504 e. The molecule has 2 heterocycles. The number of nitrogens with zero attached hydrogens (tertiary/aromatic N) is 3. The maximum Gasteiger partial charge on any atom is 0.248 e. The van der Waals surface area contributed by atoms with Crippen molar-refractivity contribution in [3.63, 3.8) is 0 Å². The van der Waals surface area contributed by atoms with E-state index in [1.807, 2.05) is 0 Å². The van der Waals surface area contributed by atoms with Crippen LogP contribution in [0.15, 0.2) is 66.7 Å². The number of nitrogens with one attached hydrogen (secondary N) is 3. The highest BCUT2D eigenvalue weighted by Crippen LogP contribution is 2.35. The number of carbonyl (C=O) groups excluding carboxylic acids is 6. The predicted molar refractivity (Wildman–Crippen MR) is 202 cm³/mol. The second-order valence-corrected chi connectivity index (χ2v) is 14.2. The van der Waals surface area contributed by atoms with Crippen LogP contribution in [0.5, 0.6) is 23.0 Å². The van der Waals surface area contributed by atoms with Crippen molar-refractivity contribution in [2.75, 3.05) is 28.3 Å². The van der Waals surface area contributed by atoms with Crippen molar-refractivity contribution < 1.29 is 48.5 Å². The van der Waals surface area contributed by atoms with Crippen molar-refractivity contribution in [1.29, 1.82) is 0 Å². The van der Waals surface area contributed by atoms with Gasteiger partial charge >= 0.3 is 0 Å². The summed E-state index contributed by atoms with van der Waals surface area (Å²) in [5.41, 5.74) is 1.30. The predicted octanol–water partition coefficient (Wildman–Crippen LogP) is 1.03. The smallest absolute Gasteiger partial charge is 0.248 e. The third-order valence-electron chi connectivity index (χ3n) is 10.2. The van der Waals surface area contributed by atoms with Gasteiger partial charge in [-0.3, -0.25) is 28.8 Å². The van der Waals surface area contributed by atoms with Gasteiger partial charge in [-0.1, -0.05) is 30.3 Å². The van der Waals surface area contributed by atoms with E-state index in [0.29, 0.717) is 16.9 Å². The average Bonchev–Trinajstić information content (AvgIpc) is 3.18. The second kappa shape index (κ2) is 17.1. The number of benzene rings is 3. The molecule has 5 N–H and O–H groups in total. The molecular weight excluding hydrogens is 724 g/mol. The molecule has 0 unspecified atom stereocenters. The molecule has 0 radical (unpaired) electrons. The van der Waals surface area contributed by atoms with Gasteiger partial charge in [-0.05, 0) is 73.9 Å². The van der Waals surface area contributed by atoms with Crippen molar-refractivity contribution >= 4 is 35.4 Å². The lowest BCUT2D eigenvalue weighted by molar-refractivity contribution is -0.153. The summed E-state index contributed by atoms with van der Waals surface area (Å²) >= 11 is 0. The van der Waals surface area contributed by atoms with E-state index >= 15 is 0 Å². The quantitative estimate of drug-likeness (QED) is 0.256. The number of phenols is 1. The van der Waals surface area contributed by atoms with Gasteiger partial charge in [0.2, 0.25) is 35.4 Å². The number of amides is 6. The minimum atomic E-state index is -1.69. The van der Waals surface area contributed by atoms with Gasteiger partial charge in [-0.25, -0.2) is 0 Å². The third-order valence-corrected chi connectivity index (χ3v) is 10.2. The van der Waals surface area contributed by atoms with Crippen LogP contribution in [0.1, 0.15) is 43.6 Å². The minimum absolute atomic E-state index is 0.0205. The van der Waals surface area contributed by atoms with Gasteiger partial charge in [0.25, 0.3) is 0 Å². The minimum Gasteiger partial charge on any atom is -0.504 e. The van der Waals surface area contributed by atoms with Crippen molar-refractivity contribution in [2.45, 2.75) is 76.0 Å². The number of rotatable bonds is 3. The normalized spacial score (nSPS) is 25.7. The Labute approximate surface area is 324 Å². The number of fused-ring (bicyclic) bond motifs is 7. The Morgan fingerprint density at radius 3 is 2.02 bits per heavy atom. The summed E-state index contributed by atoms with van der Waals surface area (Å²) in [7, 11) is 5.56. The molecule has 7 atom stereocenters. The monoisotopic (exact) mass is 772 g/mol. The first-order valence-corrected chi connectivity index (χ1v) is 18.1. The Morgan fingerprint density at radius 1 is 0.732 bits per heavy atom. The third kappa shape index (κ3) is 8.86. The SMILES string of the molecule is COc1ccc(C[C@H]2C(=O)N[C@@H](C)C(=O)N(C)[C@@H]3C(=O)N(C)[C@@H](Cc4ccc(O)c(c4)Oc4cccc(c4)[C@@H]3O)C(=O)N[C@H](C)C(=O)N[C@@H](C)C(=O)N2C)cc1. The van der Waals surface area contributed by atoms with Crippen molar-refractivity contribution in [2.24, 2.45) is 0 Å². The molecule has 6 bridgehead atoms. The topological polar surface area (TPSA) is 207 Å². The zero-order chi connectivity index (χ0) is 41.0. The lowest BCUT2D eigenvalue weighted by Gasteiger charge is -2.38. The molecule has 0 spiro atoms. The molecule has 5 rings (SSSR count). The van der Waals surface area contributed by atoms with E-state index in [1.54, 1.807) is 42.5 Å². The van der Waals surface area contributed by atoms with Gasteiger partial charge in [-0.2, -0.15) is 0 Å². The summed E-state index contributed by atoms with van der Waals surface area (Å²) < 4.78 is 11.2. The number of likely N-dealkylation sites (N-methyl/N-ethyl adjacent to an activating group) is 3. The first-order chi connectivity index (χ1) is 26.5. The van der Waals surface area contributed by atoms with E-state index in [9.17, 15) is 39.0 Å². The van der Waals surface area contributed by atoms with Gasteiger partial charge < -0.3 is 50.3 Å². The van der Waals surface area contributed by atoms with E-state index in [-0.39, 0.29) is 35.7 Å². The molecule has 16 nitrogen and oxygen atoms in total. The Balaban J connectivity index is 1.61. The summed E-state index contributed by atoms with van der Waals surface area (Å²) in [5, 5.41) is 30.5. The summed E-state index contributed by atoms with van der Waals surface area (Å²) in [5.74, 6) is -3.74. The van der Waals surface area contributed by atoms with Gasteiger partial charge in [0, 0.05) is 34.0 Å².